The summed E-state index contributed by atoms with van der Waals surface area (Å²) in [6.45, 7) is 4.27. The molecule has 7 heteroatoms. The molecule has 1 amide bonds. The summed E-state index contributed by atoms with van der Waals surface area (Å²) in [5.41, 5.74) is 1.57. The van der Waals surface area contributed by atoms with Crippen LogP contribution in [-0.2, 0) is 4.79 Å². The highest BCUT2D eigenvalue weighted by Crippen LogP contribution is 2.25. The van der Waals surface area contributed by atoms with Gasteiger partial charge in [-0.15, -0.1) is 0 Å². The maximum atomic E-state index is 12.4. The second kappa shape index (κ2) is 8.07. The van der Waals surface area contributed by atoms with Crippen molar-refractivity contribution in [3.05, 3.63) is 52.7 Å². The zero-order valence-corrected chi connectivity index (χ0v) is 15.2. The molecule has 0 radical (unpaired) electrons. The highest BCUT2D eigenvalue weighted by Gasteiger charge is 2.23. The summed E-state index contributed by atoms with van der Waals surface area (Å²) in [6.07, 6.45) is 1.67. The van der Waals surface area contributed by atoms with Crippen molar-refractivity contribution in [1.29, 1.82) is 5.26 Å². The van der Waals surface area contributed by atoms with E-state index in [4.69, 9.17) is 16.3 Å². The Morgan fingerprint density at radius 2 is 2.08 bits per heavy atom. The molecule has 0 N–H and O–H groups in total. The number of piperazine rings is 1. The largest absolute Gasteiger partial charge is 0.482 e. The first-order valence-corrected chi connectivity index (χ1v) is 8.73. The second-order valence-electron chi connectivity index (χ2n) is 6.08. The molecule has 0 bridgehead atoms. The van der Waals surface area contributed by atoms with E-state index in [1.807, 2.05) is 24.0 Å². The maximum absolute atomic E-state index is 12.4. The summed E-state index contributed by atoms with van der Waals surface area (Å²) in [6, 6.07) is 11.1. The van der Waals surface area contributed by atoms with Crippen molar-refractivity contribution in [3.8, 4) is 11.8 Å². The van der Waals surface area contributed by atoms with E-state index in [9.17, 15) is 10.1 Å². The van der Waals surface area contributed by atoms with Crippen LogP contribution in [0.15, 0.2) is 36.5 Å². The number of carbonyl (C=O) groups is 1. The highest BCUT2D eigenvalue weighted by atomic mass is 35.5. The van der Waals surface area contributed by atoms with E-state index in [1.165, 1.54) is 0 Å². The Morgan fingerprint density at radius 1 is 1.31 bits per heavy atom. The zero-order valence-electron chi connectivity index (χ0n) is 14.5. The van der Waals surface area contributed by atoms with Gasteiger partial charge in [0.2, 0.25) is 0 Å². The lowest BCUT2D eigenvalue weighted by molar-refractivity contribution is -0.133. The minimum absolute atomic E-state index is 0.0454. The van der Waals surface area contributed by atoms with Crippen LogP contribution in [0.25, 0.3) is 0 Å². The molecule has 134 valence electrons. The predicted octanol–water partition coefficient (Wildman–Crippen LogP) is 2.64. The molecule has 0 atom stereocenters. The number of hydrogen-bond acceptors (Lipinski definition) is 5. The van der Waals surface area contributed by atoms with Gasteiger partial charge >= 0.3 is 0 Å². The van der Waals surface area contributed by atoms with Crippen LogP contribution in [0.1, 0.15) is 11.1 Å². The molecule has 2 aromatic rings. The molecule has 2 heterocycles. The van der Waals surface area contributed by atoms with Gasteiger partial charge in [0, 0.05) is 32.4 Å². The number of hydrogen-bond donors (Lipinski definition) is 0. The summed E-state index contributed by atoms with van der Waals surface area (Å²) in [5.74, 6) is 1.11. The van der Waals surface area contributed by atoms with Crippen molar-refractivity contribution in [3.63, 3.8) is 0 Å². The topological polar surface area (TPSA) is 69.5 Å². The van der Waals surface area contributed by atoms with Crippen LogP contribution in [-0.4, -0.2) is 48.6 Å². The third kappa shape index (κ3) is 4.06. The first kappa shape index (κ1) is 18.0. The van der Waals surface area contributed by atoms with Gasteiger partial charge in [-0.2, -0.15) is 5.26 Å². The summed E-state index contributed by atoms with van der Waals surface area (Å²) >= 11 is 6.09. The van der Waals surface area contributed by atoms with Crippen molar-refractivity contribution >= 4 is 23.3 Å². The molecule has 0 unspecified atom stereocenters. The first-order valence-electron chi connectivity index (χ1n) is 8.35. The van der Waals surface area contributed by atoms with Crippen molar-refractivity contribution in [2.45, 2.75) is 6.92 Å². The minimum Gasteiger partial charge on any atom is -0.482 e. The van der Waals surface area contributed by atoms with Crippen LogP contribution in [0.3, 0.4) is 0 Å². The first-order chi connectivity index (χ1) is 12.6. The van der Waals surface area contributed by atoms with Gasteiger partial charge in [0.1, 0.15) is 17.6 Å². The summed E-state index contributed by atoms with van der Waals surface area (Å²) in [4.78, 5) is 20.5. The smallest absolute Gasteiger partial charge is 0.260 e. The van der Waals surface area contributed by atoms with E-state index in [-0.39, 0.29) is 12.5 Å². The van der Waals surface area contributed by atoms with E-state index >= 15 is 0 Å². The number of carbonyl (C=O) groups excluding carboxylic acids is 1. The number of nitrogens with zero attached hydrogens (tertiary/aromatic N) is 4. The Morgan fingerprint density at radius 3 is 2.81 bits per heavy atom. The second-order valence-corrected chi connectivity index (χ2v) is 6.48. The van der Waals surface area contributed by atoms with Gasteiger partial charge in [-0.1, -0.05) is 17.7 Å². The lowest BCUT2D eigenvalue weighted by atomic mass is 10.2. The van der Waals surface area contributed by atoms with Gasteiger partial charge in [-0.05, 0) is 36.8 Å². The van der Waals surface area contributed by atoms with Crippen LogP contribution in [0.4, 0.5) is 5.82 Å². The average molecular weight is 371 g/mol. The normalized spacial score (nSPS) is 14.0. The van der Waals surface area contributed by atoms with Gasteiger partial charge in [-0.3, -0.25) is 4.79 Å². The van der Waals surface area contributed by atoms with Crippen LogP contribution in [0.2, 0.25) is 5.02 Å². The van der Waals surface area contributed by atoms with E-state index in [2.05, 4.69) is 11.1 Å². The molecule has 1 aromatic carbocycles. The number of aromatic nitrogens is 1. The molecule has 0 aliphatic carbocycles. The quantitative estimate of drug-likeness (QED) is 0.827. The number of nitriles is 1. The van der Waals surface area contributed by atoms with E-state index in [0.29, 0.717) is 48.3 Å². The third-order valence-corrected chi connectivity index (χ3v) is 4.59. The summed E-state index contributed by atoms with van der Waals surface area (Å²) < 4.78 is 5.59. The summed E-state index contributed by atoms with van der Waals surface area (Å²) in [7, 11) is 0. The van der Waals surface area contributed by atoms with E-state index in [0.717, 1.165) is 5.56 Å². The van der Waals surface area contributed by atoms with E-state index in [1.54, 1.807) is 29.3 Å². The fraction of sp³-hybridized carbons (Fsp3) is 0.316. The summed E-state index contributed by atoms with van der Waals surface area (Å²) in [5, 5.41) is 9.69. The standard InChI is InChI=1S/C19H19ClN4O2/c1-14-4-5-16(20)17(11-14)26-13-18(25)23-7-9-24(10-8-23)19-15(12-21)3-2-6-22-19/h2-6,11H,7-10,13H2,1H3. The van der Waals surface area contributed by atoms with Crippen LogP contribution < -0.4 is 9.64 Å². The molecule has 1 aliphatic rings. The molecule has 1 aliphatic heterocycles. The SMILES string of the molecule is Cc1ccc(Cl)c(OCC(=O)N2CCN(c3ncccc3C#N)CC2)c1. The number of rotatable bonds is 4. The average Bonchev–Trinajstić information content (AvgIpc) is 2.68. The molecule has 6 nitrogen and oxygen atoms in total. The predicted molar refractivity (Wildman–Crippen MR) is 99.4 cm³/mol. The minimum atomic E-state index is -0.0799. The molecule has 3 rings (SSSR count). The molecular weight excluding hydrogens is 352 g/mol. The Labute approximate surface area is 157 Å². The fourth-order valence-electron chi connectivity index (χ4n) is 2.86. The molecule has 1 fully saturated rings. The van der Waals surface area contributed by atoms with Crippen molar-refractivity contribution < 1.29 is 9.53 Å². The number of amides is 1. The van der Waals surface area contributed by atoms with E-state index < -0.39 is 0 Å². The fourth-order valence-corrected chi connectivity index (χ4v) is 3.03. The maximum Gasteiger partial charge on any atom is 0.260 e. The van der Waals surface area contributed by atoms with Gasteiger partial charge < -0.3 is 14.5 Å². The molecular formula is C19H19ClN4O2. The van der Waals surface area contributed by atoms with Crippen molar-refractivity contribution in [1.82, 2.24) is 9.88 Å². The van der Waals surface area contributed by atoms with Gasteiger partial charge in [-0.25, -0.2) is 4.98 Å². The zero-order chi connectivity index (χ0) is 18.5. The van der Waals surface area contributed by atoms with Gasteiger partial charge in [0.25, 0.3) is 5.91 Å². The van der Waals surface area contributed by atoms with Crippen molar-refractivity contribution in [2.24, 2.45) is 0 Å². The number of benzene rings is 1. The van der Waals surface area contributed by atoms with Crippen LogP contribution >= 0.6 is 11.6 Å². The lowest BCUT2D eigenvalue weighted by Gasteiger charge is -2.35. The lowest BCUT2D eigenvalue weighted by Crippen LogP contribution is -2.50. The number of halogens is 1. The molecule has 26 heavy (non-hydrogen) atoms. The Balaban J connectivity index is 1.55. The monoisotopic (exact) mass is 370 g/mol. The molecule has 1 saturated heterocycles. The Bertz CT molecular complexity index is 842. The van der Waals surface area contributed by atoms with Crippen LogP contribution in [0, 0.1) is 18.3 Å². The molecule has 0 spiro atoms. The molecule has 0 saturated carbocycles. The molecule has 1 aromatic heterocycles. The van der Waals surface area contributed by atoms with Gasteiger partial charge in [0.15, 0.2) is 6.61 Å². The Kier molecular flexibility index (Phi) is 5.59. The third-order valence-electron chi connectivity index (χ3n) is 4.28. The van der Waals surface area contributed by atoms with Crippen LogP contribution in [0.5, 0.6) is 5.75 Å². The number of anilines is 1. The number of ether oxygens (including phenoxy) is 1. The highest BCUT2D eigenvalue weighted by molar-refractivity contribution is 6.32. The van der Waals surface area contributed by atoms with Crippen molar-refractivity contribution in [2.75, 3.05) is 37.7 Å². The number of aryl methyl sites for hydroxylation is 1. The number of pyridine rings is 1. The Hall–Kier alpha value is -2.78. The van der Waals surface area contributed by atoms with Gasteiger partial charge in [0.05, 0.1) is 10.6 Å².